The van der Waals surface area contributed by atoms with Crippen LogP contribution >= 0.6 is 0 Å². The highest BCUT2D eigenvalue weighted by Gasteiger charge is 2.18. The van der Waals surface area contributed by atoms with Crippen LogP contribution in [0.3, 0.4) is 0 Å². The second kappa shape index (κ2) is 8.95. The summed E-state index contributed by atoms with van der Waals surface area (Å²) in [6.07, 6.45) is 1.61. The molecule has 1 aliphatic heterocycles. The van der Waals surface area contributed by atoms with E-state index in [2.05, 4.69) is 15.1 Å². The van der Waals surface area contributed by atoms with Crippen LogP contribution in [0.2, 0.25) is 0 Å². The van der Waals surface area contributed by atoms with Gasteiger partial charge in [-0.05, 0) is 50.2 Å². The Balaban J connectivity index is 1.84. The lowest BCUT2D eigenvalue weighted by atomic mass is 10.1. The van der Waals surface area contributed by atoms with Gasteiger partial charge < -0.3 is 9.88 Å². The van der Waals surface area contributed by atoms with Crippen molar-refractivity contribution in [2.24, 2.45) is 4.99 Å². The van der Waals surface area contributed by atoms with Crippen molar-refractivity contribution in [2.75, 3.05) is 5.32 Å². The van der Waals surface area contributed by atoms with Crippen LogP contribution in [0.5, 0.6) is 0 Å². The summed E-state index contributed by atoms with van der Waals surface area (Å²) in [7, 11) is 0. The number of anilines is 2. The summed E-state index contributed by atoms with van der Waals surface area (Å²) >= 11 is 0. The van der Waals surface area contributed by atoms with E-state index in [1.54, 1.807) is 18.3 Å². The molecule has 6 nitrogen and oxygen atoms in total. The van der Waals surface area contributed by atoms with Crippen molar-refractivity contribution in [1.82, 2.24) is 14.5 Å². The Hall–Kier alpha value is -4.64. The number of pyridine rings is 1. The molecule has 0 atom stereocenters. The van der Waals surface area contributed by atoms with Crippen LogP contribution in [-0.2, 0) is 0 Å². The second-order valence-electron chi connectivity index (χ2n) is 8.22. The van der Waals surface area contributed by atoms with Gasteiger partial charge in [-0.2, -0.15) is 0 Å². The Morgan fingerprint density at radius 2 is 1.83 bits per heavy atom. The summed E-state index contributed by atoms with van der Waals surface area (Å²) in [6.45, 7) is 11.4. The maximum atomic E-state index is 14.2. The molecule has 2 aliphatic rings. The monoisotopic (exact) mass is 466 g/mol. The molecule has 0 amide bonds. The predicted octanol–water partition coefficient (Wildman–Crippen LogP) is 6.41. The molecule has 2 aromatic carbocycles. The molecule has 0 saturated heterocycles. The molecule has 0 unspecified atom stereocenters. The first kappa shape index (κ1) is 22.2. The first-order chi connectivity index (χ1) is 16.9. The maximum absolute atomic E-state index is 14.2. The van der Waals surface area contributed by atoms with Crippen molar-refractivity contribution < 1.29 is 8.78 Å². The first-order valence-electron chi connectivity index (χ1n) is 11.0. The summed E-state index contributed by atoms with van der Waals surface area (Å²) in [5.41, 5.74) is 4.18. The smallest absolute Gasteiger partial charge is 0.228 e. The maximum Gasteiger partial charge on any atom is 0.228 e. The minimum Gasteiger partial charge on any atom is -0.347 e. The largest absolute Gasteiger partial charge is 0.347 e. The zero-order valence-corrected chi connectivity index (χ0v) is 19.0. The summed E-state index contributed by atoms with van der Waals surface area (Å²) in [5.74, 6) is -1.43. The van der Waals surface area contributed by atoms with Crippen LogP contribution in [0.1, 0.15) is 13.8 Å². The van der Waals surface area contributed by atoms with E-state index < -0.39 is 11.6 Å². The number of rotatable bonds is 4. The molecule has 1 aliphatic carbocycles. The van der Waals surface area contributed by atoms with E-state index in [1.165, 1.54) is 12.1 Å². The van der Waals surface area contributed by atoms with E-state index >= 15 is 0 Å². The third kappa shape index (κ3) is 4.20. The van der Waals surface area contributed by atoms with Gasteiger partial charge >= 0.3 is 0 Å². The molecule has 0 fully saturated rings. The molecule has 0 bridgehead atoms. The number of nitrogens with zero attached hydrogens (tertiary/aromatic N) is 5. The third-order valence-electron chi connectivity index (χ3n) is 5.42. The number of hydrogen-bond acceptors (Lipinski definition) is 4. The van der Waals surface area contributed by atoms with Crippen LogP contribution in [0.15, 0.2) is 77.9 Å². The lowest BCUT2D eigenvalue weighted by molar-refractivity contribution is 0.508. The topological polar surface area (TPSA) is 59.5 Å². The minimum absolute atomic E-state index is 0.0257. The molecular weight excluding hydrogens is 446 g/mol. The van der Waals surface area contributed by atoms with E-state index in [-0.39, 0.29) is 6.04 Å². The average Bonchev–Trinajstić information content (AvgIpc) is 2.85. The second-order valence-corrected chi connectivity index (χ2v) is 8.22. The SMILES string of the molecule is [C-]#[N+]c1cccnc1Nc1cc2nc3ccccc3n(-c3ccc(F)c(F)c3)c-2cc1=NC(C)C. The standard InChI is InChI=1S/C27H20F2N6/c1-16(2)32-23-15-26-24(14-22(23)34-27-21(30-3)8-6-12-31-27)33-20-7-4-5-9-25(20)35(26)17-10-11-18(28)19(29)13-17/h4-16H,1-2H3,(H,31,34). The van der Waals surface area contributed by atoms with E-state index in [0.717, 1.165) is 11.6 Å². The average molecular weight is 466 g/mol. The molecule has 0 radical (unpaired) electrons. The highest BCUT2D eigenvalue weighted by atomic mass is 19.2. The van der Waals surface area contributed by atoms with Crippen molar-refractivity contribution in [1.29, 1.82) is 0 Å². The molecule has 1 N–H and O–H groups in total. The molecule has 2 heterocycles. The van der Waals surface area contributed by atoms with E-state index in [9.17, 15) is 8.78 Å². The zero-order chi connectivity index (χ0) is 24.5. The Morgan fingerprint density at radius 3 is 2.60 bits per heavy atom. The Morgan fingerprint density at radius 1 is 1.00 bits per heavy atom. The number of fused-ring (bicyclic) bond motifs is 2. The lowest BCUT2D eigenvalue weighted by Gasteiger charge is -2.20. The van der Waals surface area contributed by atoms with Crippen molar-refractivity contribution >= 4 is 28.2 Å². The number of nitrogens with one attached hydrogen (secondary N) is 1. The van der Waals surface area contributed by atoms with Gasteiger partial charge in [0.1, 0.15) is 5.82 Å². The minimum atomic E-state index is -0.934. The molecule has 5 rings (SSSR count). The number of hydrogen-bond donors (Lipinski definition) is 1. The van der Waals surface area contributed by atoms with E-state index in [0.29, 0.717) is 45.1 Å². The Kier molecular flexibility index (Phi) is 5.67. The van der Waals surface area contributed by atoms with Crippen molar-refractivity contribution in [3.05, 3.63) is 101 Å². The van der Waals surface area contributed by atoms with Crippen molar-refractivity contribution in [3.63, 3.8) is 0 Å². The molecule has 172 valence electrons. The summed E-state index contributed by atoms with van der Waals surface area (Å²) in [6, 6.07) is 18.4. The lowest BCUT2D eigenvalue weighted by Crippen LogP contribution is -2.17. The van der Waals surface area contributed by atoms with Gasteiger partial charge in [-0.15, -0.1) is 0 Å². The van der Waals surface area contributed by atoms with Gasteiger partial charge in [0.2, 0.25) is 5.69 Å². The first-order valence-corrected chi connectivity index (χ1v) is 11.0. The Bertz CT molecular complexity index is 1650. The fourth-order valence-electron chi connectivity index (χ4n) is 3.94. The number of aromatic nitrogens is 3. The Labute approximate surface area is 200 Å². The number of halogens is 2. The summed E-state index contributed by atoms with van der Waals surface area (Å²) < 4.78 is 29.8. The van der Waals surface area contributed by atoms with Gasteiger partial charge in [-0.3, -0.25) is 9.98 Å². The van der Waals surface area contributed by atoms with Crippen LogP contribution in [0.25, 0.3) is 33.0 Å². The van der Waals surface area contributed by atoms with Gasteiger partial charge in [0.25, 0.3) is 0 Å². The third-order valence-corrected chi connectivity index (χ3v) is 5.42. The summed E-state index contributed by atoms with van der Waals surface area (Å²) in [5, 5.41) is 3.86. The number of para-hydroxylation sites is 2. The highest BCUT2D eigenvalue weighted by molar-refractivity contribution is 5.84. The highest BCUT2D eigenvalue weighted by Crippen LogP contribution is 2.32. The normalized spacial score (nSPS) is 11.8. The molecule has 35 heavy (non-hydrogen) atoms. The molecule has 8 heteroatoms. The van der Waals surface area contributed by atoms with Crippen molar-refractivity contribution in [2.45, 2.75) is 19.9 Å². The van der Waals surface area contributed by atoms with Crippen molar-refractivity contribution in [3.8, 4) is 17.1 Å². The van der Waals surface area contributed by atoms with Crippen LogP contribution in [-0.4, -0.2) is 20.6 Å². The molecule has 0 spiro atoms. The van der Waals surface area contributed by atoms with E-state index in [4.69, 9.17) is 16.5 Å². The summed E-state index contributed by atoms with van der Waals surface area (Å²) in [4.78, 5) is 17.4. The van der Waals surface area contributed by atoms with Gasteiger partial charge in [-0.1, -0.05) is 24.3 Å². The van der Waals surface area contributed by atoms with E-state index in [1.807, 2.05) is 54.8 Å². The zero-order valence-electron chi connectivity index (χ0n) is 19.0. The van der Waals surface area contributed by atoms with Gasteiger partial charge in [0, 0.05) is 24.0 Å². The molecule has 3 aromatic rings. The molecule has 1 aromatic heterocycles. The fraction of sp³-hybridized carbons (Fsp3) is 0.111. The molecule has 0 saturated carbocycles. The predicted molar refractivity (Wildman–Crippen MR) is 132 cm³/mol. The van der Waals surface area contributed by atoms with Crippen LogP contribution < -0.4 is 10.7 Å². The molecular formula is C27H20F2N6. The fourth-order valence-corrected chi connectivity index (χ4v) is 3.94. The van der Waals surface area contributed by atoms with Crippen LogP contribution in [0.4, 0.5) is 26.0 Å². The van der Waals surface area contributed by atoms with Gasteiger partial charge in [0.05, 0.1) is 40.0 Å². The van der Waals surface area contributed by atoms with Gasteiger partial charge in [0.15, 0.2) is 11.6 Å². The van der Waals surface area contributed by atoms with Crippen LogP contribution in [0, 0.1) is 18.2 Å². The quantitative estimate of drug-likeness (QED) is 0.246. The number of benzene rings is 3. The van der Waals surface area contributed by atoms with Gasteiger partial charge in [-0.25, -0.2) is 18.6 Å².